The molecule has 2 heterocycles. The normalized spacial score (nSPS) is 19.8. The molecule has 0 amide bonds. The minimum Gasteiger partial charge on any atom is -0.369 e. The molecule has 0 saturated carbocycles. The quantitative estimate of drug-likeness (QED) is 0.911. The van der Waals surface area contributed by atoms with Crippen molar-refractivity contribution in [2.75, 3.05) is 29.9 Å². The molecule has 0 bridgehead atoms. The molecule has 2 rings (SSSR count). The Labute approximate surface area is 112 Å². The second-order valence-corrected chi connectivity index (χ2v) is 5.31. The standard InChI is InChI=1S/C12H17Cl2N3/c1-3-15-11-9(13)6-10(14)12(16-11)17-5-4-8(2)7-17/h6,8H,3-5,7H2,1-2H3,(H,15,16). The highest BCUT2D eigenvalue weighted by Crippen LogP contribution is 2.33. The van der Waals surface area contributed by atoms with Crippen LogP contribution in [0.25, 0.3) is 0 Å². The van der Waals surface area contributed by atoms with Crippen LogP contribution in [0.15, 0.2) is 6.07 Å². The maximum absolute atomic E-state index is 6.21. The molecule has 1 aliphatic heterocycles. The first-order valence-corrected chi connectivity index (χ1v) is 6.72. The van der Waals surface area contributed by atoms with Gasteiger partial charge < -0.3 is 10.2 Å². The fraction of sp³-hybridized carbons (Fsp3) is 0.583. The molecule has 0 aliphatic carbocycles. The van der Waals surface area contributed by atoms with Crippen molar-refractivity contribution in [3.63, 3.8) is 0 Å². The molecule has 0 radical (unpaired) electrons. The van der Waals surface area contributed by atoms with Gasteiger partial charge in [0.25, 0.3) is 0 Å². The van der Waals surface area contributed by atoms with E-state index in [-0.39, 0.29) is 0 Å². The van der Waals surface area contributed by atoms with E-state index in [0.29, 0.717) is 21.8 Å². The van der Waals surface area contributed by atoms with Crippen LogP contribution in [0.3, 0.4) is 0 Å². The van der Waals surface area contributed by atoms with Gasteiger partial charge in [-0.15, -0.1) is 0 Å². The largest absolute Gasteiger partial charge is 0.369 e. The molecule has 1 aliphatic rings. The third-order valence-corrected chi connectivity index (χ3v) is 3.54. The third kappa shape index (κ3) is 2.78. The summed E-state index contributed by atoms with van der Waals surface area (Å²) in [4.78, 5) is 6.76. The van der Waals surface area contributed by atoms with Crippen LogP contribution in [0.4, 0.5) is 11.6 Å². The van der Waals surface area contributed by atoms with E-state index in [4.69, 9.17) is 23.2 Å². The Morgan fingerprint density at radius 2 is 2.24 bits per heavy atom. The topological polar surface area (TPSA) is 28.2 Å². The van der Waals surface area contributed by atoms with Gasteiger partial charge in [0, 0.05) is 19.6 Å². The molecule has 17 heavy (non-hydrogen) atoms. The molecule has 1 aromatic rings. The summed E-state index contributed by atoms with van der Waals surface area (Å²) in [7, 11) is 0. The summed E-state index contributed by atoms with van der Waals surface area (Å²) in [6.07, 6.45) is 1.19. The number of pyridine rings is 1. The van der Waals surface area contributed by atoms with Gasteiger partial charge in [-0.3, -0.25) is 0 Å². The lowest BCUT2D eigenvalue weighted by Gasteiger charge is -2.20. The summed E-state index contributed by atoms with van der Waals surface area (Å²) in [5.74, 6) is 2.26. The molecular formula is C12H17Cl2N3. The third-order valence-electron chi connectivity index (χ3n) is 2.98. The van der Waals surface area contributed by atoms with Crippen LogP contribution in [-0.4, -0.2) is 24.6 Å². The number of anilines is 2. The van der Waals surface area contributed by atoms with E-state index in [9.17, 15) is 0 Å². The zero-order valence-electron chi connectivity index (χ0n) is 10.1. The predicted molar refractivity (Wildman–Crippen MR) is 74.4 cm³/mol. The fourth-order valence-electron chi connectivity index (χ4n) is 2.10. The first-order chi connectivity index (χ1) is 8.11. The average molecular weight is 274 g/mol. The SMILES string of the molecule is CCNc1nc(N2CCC(C)C2)c(Cl)cc1Cl. The zero-order valence-corrected chi connectivity index (χ0v) is 11.6. The summed E-state index contributed by atoms with van der Waals surface area (Å²) < 4.78 is 0. The maximum atomic E-state index is 6.21. The molecule has 1 aromatic heterocycles. The lowest BCUT2D eigenvalue weighted by molar-refractivity contribution is 0.659. The second-order valence-electron chi connectivity index (χ2n) is 4.49. The molecule has 0 aromatic carbocycles. The maximum Gasteiger partial charge on any atom is 0.149 e. The van der Waals surface area contributed by atoms with Crippen LogP contribution in [0.2, 0.25) is 10.0 Å². The van der Waals surface area contributed by atoms with E-state index in [1.54, 1.807) is 6.07 Å². The smallest absolute Gasteiger partial charge is 0.149 e. The average Bonchev–Trinajstić information content (AvgIpc) is 2.69. The van der Waals surface area contributed by atoms with Crippen LogP contribution in [0.1, 0.15) is 20.3 Å². The molecule has 1 saturated heterocycles. The Bertz CT molecular complexity index is 409. The second kappa shape index (κ2) is 5.32. The first-order valence-electron chi connectivity index (χ1n) is 5.96. The van der Waals surface area contributed by atoms with Crippen molar-refractivity contribution in [1.82, 2.24) is 4.98 Å². The number of nitrogens with one attached hydrogen (secondary N) is 1. The molecular weight excluding hydrogens is 257 g/mol. The van der Waals surface area contributed by atoms with Gasteiger partial charge in [0.2, 0.25) is 0 Å². The summed E-state index contributed by atoms with van der Waals surface area (Å²) >= 11 is 12.3. The monoisotopic (exact) mass is 273 g/mol. The Kier molecular flexibility index (Phi) is 4.00. The minimum absolute atomic E-state index is 0.577. The molecule has 94 valence electrons. The minimum atomic E-state index is 0.577. The van der Waals surface area contributed by atoms with Crippen molar-refractivity contribution >= 4 is 34.8 Å². The van der Waals surface area contributed by atoms with Gasteiger partial charge in [-0.05, 0) is 25.3 Å². The lowest BCUT2D eigenvalue weighted by atomic mass is 10.2. The van der Waals surface area contributed by atoms with Crippen LogP contribution in [0.5, 0.6) is 0 Å². The zero-order chi connectivity index (χ0) is 12.4. The van der Waals surface area contributed by atoms with E-state index in [2.05, 4.69) is 22.1 Å². The van der Waals surface area contributed by atoms with Crippen LogP contribution < -0.4 is 10.2 Å². The van der Waals surface area contributed by atoms with Crippen molar-refractivity contribution in [2.24, 2.45) is 5.92 Å². The van der Waals surface area contributed by atoms with Gasteiger partial charge in [0.15, 0.2) is 0 Å². The predicted octanol–water partition coefficient (Wildman–Crippen LogP) is 3.67. The summed E-state index contributed by atoms with van der Waals surface area (Å²) in [5.41, 5.74) is 0. The number of hydrogen-bond donors (Lipinski definition) is 1. The van der Waals surface area contributed by atoms with Gasteiger partial charge in [-0.2, -0.15) is 0 Å². The lowest BCUT2D eigenvalue weighted by Crippen LogP contribution is -2.21. The summed E-state index contributed by atoms with van der Waals surface area (Å²) in [6, 6.07) is 1.77. The van der Waals surface area contributed by atoms with E-state index in [0.717, 1.165) is 25.5 Å². The number of aromatic nitrogens is 1. The molecule has 1 atom stereocenters. The van der Waals surface area contributed by atoms with Crippen molar-refractivity contribution in [3.8, 4) is 0 Å². The Morgan fingerprint density at radius 3 is 2.82 bits per heavy atom. The fourth-order valence-corrected chi connectivity index (χ4v) is 2.64. The van der Waals surface area contributed by atoms with Gasteiger partial charge in [0.05, 0.1) is 10.0 Å². The van der Waals surface area contributed by atoms with Gasteiger partial charge in [0.1, 0.15) is 11.6 Å². The highest BCUT2D eigenvalue weighted by atomic mass is 35.5. The molecule has 0 spiro atoms. The van der Waals surface area contributed by atoms with Crippen LogP contribution >= 0.6 is 23.2 Å². The highest BCUT2D eigenvalue weighted by molar-refractivity contribution is 6.37. The van der Waals surface area contributed by atoms with Crippen LogP contribution in [0, 0.1) is 5.92 Å². The number of halogens is 2. The highest BCUT2D eigenvalue weighted by Gasteiger charge is 2.22. The number of rotatable bonds is 3. The summed E-state index contributed by atoms with van der Waals surface area (Å²) in [5, 5.41) is 4.36. The first kappa shape index (κ1) is 12.8. The van der Waals surface area contributed by atoms with Gasteiger partial charge >= 0.3 is 0 Å². The van der Waals surface area contributed by atoms with E-state index in [1.165, 1.54) is 6.42 Å². The van der Waals surface area contributed by atoms with Gasteiger partial charge in [-0.1, -0.05) is 30.1 Å². The van der Waals surface area contributed by atoms with Crippen molar-refractivity contribution in [2.45, 2.75) is 20.3 Å². The number of hydrogen-bond acceptors (Lipinski definition) is 3. The molecule has 5 heteroatoms. The van der Waals surface area contributed by atoms with Crippen molar-refractivity contribution < 1.29 is 0 Å². The van der Waals surface area contributed by atoms with Crippen LogP contribution in [-0.2, 0) is 0 Å². The molecule has 1 fully saturated rings. The van der Waals surface area contributed by atoms with E-state index in [1.807, 2.05) is 6.92 Å². The van der Waals surface area contributed by atoms with Crippen molar-refractivity contribution in [3.05, 3.63) is 16.1 Å². The van der Waals surface area contributed by atoms with E-state index < -0.39 is 0 Å². The molecule has 1 unspecified atom stereocenters. The Morgan fingerprint density at radius 1 is 1.47 bits per heavy atom. The van der Waals surface area contributed by atoms with E-state index >= 15 is 0 Å². The van der Waals surface area contributed by atoms with Gasteiger partial charge in [-0.25, -0.2) is 4.98 Å². The Balaban J connectivity index is 2.29. The summed E-state index contributed by atoms with van der Waals surface area (Å²) in [6.45, 7) is 7.09. The molecule has 3 nitrogen and oxygen atoms in total. The number of nitrogens with zero attached hydrogens (tertiary/aromatic N) is 2. The molecule has 1 N–H and O–H groups in total. The van der Waals surface area contributed by atoms with Crippen molar-refractivity contribution in [1.29, 1.82) is 0 Å². The Hall–Kier alpha value is -0.670.